The van der Waals surface area contributed by atoms with Crippen molar-refractivity contribution in [1.82, 2.24) is 9.88 Å². The molecule has 4 nitrogen and oxygen atoms in total. The van der Waals surface area contributed by atoms with Gasteiger partial charge in [0.25, 0.3) is 5.91 Å². The monoisotopic (exact) mass is 441 g/mol. The third kappa shape index (κ3) is 3.56. The first-order chi connectivity index (χ1) is 15.6. The number of para-hydroxylation sites is 1. The summed E-state index contributed by atoms with van der Waals surface area (Å²) in [6.45, 7) is 0.693. The van der Waals surface area contributed by atoms with Gasteiger partial charge in [-0.15, -0.1) is 11.8 Å². The molecule has 3 aromatic carbocycles. The number of aromatic amines is 1. The fourth-order valence-corrected chi connectivity index (χ4v) is 5.07. The molecule has 4 aromatic rings. The zero-order valence-corrected chi connectivity index (χ0v) is 19.4. The molecule has 1 aromatic heterocycles. The number of carbonyl (C=O) groups excluding carboxylic acids is 1. The van der Waals surface area contributed by atoms with E-state index >= 15 is 0 Å². The second-order valence-corrected chi connectivity index (χ2v) is 9.31. The molecule has 0 radical (unpaired) electrons. The van der Waals surface area contributed by atoms with Crippen LogP contribution in [0, 0.1) is 0 Å². The zero-order valence-electron chi connectivity index (χ0n) is 18.6. The van der Waals surface area contributed by atoms with E-state index < -0.39 is 0 Å². The number of nitrogens with one attached hydrogen (secondary N) is 1. The molecule has 32 heavy (non-hydrogen) atoms. The molecule has 162 valence electrons. The number of hydrogen-bond donors (Lipinski definition) is 1. The Balaban J connectivity index is 1.60. The van der Waals surface area contributed by atoms with Gasteiger partial charge in [-0.2, -0.15) is 0 Å². The molecule has 1 aliphatic heterocycles. The predicted octanol–water partition coefficient (Wildman–Crippen LogP) is 5.74. The predicted molar refractivity (Wildman–Crippen MR) is 134 cm³/mol. The number of amides is 1. The van der Waals surface area contributed by atoms with Gasteiger partial charge >= 0.3 is 0 Å². The van der Waals surface area contributed by atoms with Crippen molar-refractivity contribution < 1.29 is 4.79 Å². The van der Waals surface area contributed by atoms with E-state index in [-0.39, 0.29) is 11.9 Å². The average molecular weight is 442 g/mol. The molecule has 5 heteroatoms. The minimum Gasteiger partial charge on any atom is -0.378 e. The molecule has 0 bridgehead atoms. The van der Waals surface area contributed by atoms with Crippen LogP contribution < -0.4 is 4.90 Å². The second kappa shape index (κ2) is 8.40. The highest BCUT2D eigenvalue weighted by molar-refractivity contribution is 7.98. The van der Waals surface area contributed by atoms with Crippen LogP contribution in [0.4, 0.5) is 5.69 Å². The van der Waals surface area contributed by atoms with Gasteiger partial charge in [0.2, 0.25) is 0 Å². The molecular formula is C27H27N3OS. The normalized spacial score (nSPS) is 15.6. The summed E-state index contributed by atoms with van der Waals surface area (Å²) in [5.41, 5.74) is 6.53. The van der Waals surface area contributed by atoms with Crippen LogP contribution in [0.1, 0.15) is 33.2 Å². The molecule has 0 spiro atoms. The first kappa shape index (κ1) is 20.7. The van der Waals surface area contributed by atoms with Gasteiger partial charge < -0.3 is 14.8 Å². The van der Waals surface area contributed by atoms with Gasteiger partial charge in [-0.3, -0.25) is 4.79 Å². The van der Waals surface area contributed by atoms with E-state index in [0.717, 1.165) is 34.4 Å². The van der Waals surface area contributed by atoms with E-state index in [9.17, 15) is 4.79 Å². The van der Waals surface area contributed by atoms with Gasteiger partial charge in [0.1, 0.15) is 0 Å². The highest BCUT2D eigenvalue weighted by Gasteiger charge is 2.34. The first-order valence-corrected chi connectivity index (χ1v) is 12.1. The van der Waals surface area contributed by atoms with E-state index in [0.29, 0.717) is 6.54 Å². The Morgan fingerprint density at radius 1 is 1.00 bits per heavy atom. The third-order valence-corrected chi connectivity index (χ3v) is 7.10. The third-order valence-electron chi connectivity index (χ3n) is 6.36. The zero-order chi connectivity index (χ0) is 22.2. The summed E-state index contributed by atoms with van der Waals surface area (Å²) in [5, 5.41) is 1.26. The lowest BCUT2D eigenvalue weighted by molar-refractivity contribution is 0.0692. The Bertz CT molecular complexity index is 1260. The fraction of sp³-hybridized carbons (Fsp3) is 0.222. The number of nitrogens with zero attached hydrogens (tertiary/aromatic N) is 2. The Labute approximate surface area is 193 Å². The molecule has 0 saturated carbocycles. The number of fused-ring (bicyclic) bond motifs is 3. The summed E-state index contributed by atoms with van der Waals surface area (Å²) < 4.78 is 0. The lowest BCUT2D eigenvalue weighted by atomic mass is 9.91. The number of carbonyl (C=O) groups is 1. The highest BCUT2D eigenvalue weighted by atomic mass is 32.2. The maximum absolute atomic E-state index is 13.7. The number of benzene rings is 3. The summed E-state index contributed by atoms with van der Waals surface area (Å²) in [6, 6.07) is 24.8. The van der Waals surface area contributed by atoms with Crippen LogP contribution in [0.25, 0.3) is 10.9 Å². The van der Waals surface area contributed by atoms with Crippen molar-refractivity contribution >= 4 is 34.3 Å². The van der Waals surface area contributed by atoms with E-state index in [1.807, 2.05) is 48.2 Å². The molecule has 0 saturated heterocycles. The van der Waals surface area contributed by atoms with Crippen LogP contribution in [0.15, 0.2) is 77.7 Å². The minimum absolute atomic E-state index is 0.0681. The van der Waals surface area contributed by atoms with Crippen molar-refractivity contribution in [2.45, 2.75) is 17.4 Å². The maximum atomic E-state index is 13.7. The average Bonchev–Trinajstić information content (AvgIpc) is 3.22. The SMILES string of the molecule is CSc1ccc(C2c3[nH]c4ccccc4c3CCN2C(=O)c2ccc(N(C)C)cc2)cc1. The fourth-order valence-electron chi connectivity index (χ4n) is 4.66. The van der Waals surface area contributed by atoms with E-state index in [4.69, 9.17) is 0 Å². The topological polar surface area (TPSA) is 39.3 Å². The van der Waals surface area contributed by atoms with Crippen molar-refractivity contribution in [1.29, 1.82) is 0 Å². The van der Waals surface area contributed by atoms with Crippen LogP contribution in [0.2, 0.25) is 0 Å². The Kier molecular flexibility index (Phi) is 5.43. The van der Waals surface area contributed by atoms with Gasteiger partial charge in [-0.25, -0.2) is 0 Å². The van der Waals surface area contributed by atoms with Gasteiger partial charge in [0, 0.05) is 53.4 Å². The Morgan fingerprint density at radius 3 is 2.41 bits per heavy atom. The molecule has 1 unspecified atom stereocenters. The Hall–Kier alpha value is -3.18. The van der Waals surface area contributed by atoms with Crippen LogP contribution in [-0.4, -0.2) is 42.7 Å². The van der Waals surface area contributed by atoms with E-state index in [2.05, 4.69) is 59.8 Å². The lowest BCUT2D eigenvalue weighted by Crippen LogP contribution is -2.40. The van der Waals surface area contributed by atoms with Crippen LogP contribution in [0.3, 0.4) is 0 Å². The molecule has 0 aliphatic carbocycles. The van der Waals surface area contributed by atoms with Crippen molar-refractivity contribution in [2.24, 2.45) is 0 Å². The summed E-state index contributed by atoms with van der Waals surface area (Å²) >= 11 is 1.73. The second-order valence-electron chi connectivity index (χ2n) is 8.43. The van der Waals surface area contributed by atoms with Crippen molar-refractivity contribution in [2.75, 3.05) is 31.8 Å². The number of H-pyrrole nitrogens is 1. The molecular weight excluding hydrogens is 414 g/mol. The van der Waals surface area contributed by atoms with Gasteiger partial charge in [-0.1, -0.05) is 30.3 Å². The molecule has 5 rings (SSSR count). The molecule has 1 aliphatic rings. The van der Waals surface area contributed by atoms with Gasteiger partial charge in [0.05, 0.1) is 6.04 Å². The first-order valence-electron chi connectivity index (χ1n) is 10.9. The Morgan fingerprint density at radius 2 is 1.72 bits per heavy atom. The summed E-state index contributed by atoms with van der Waals surface area (Å²) in [4.78, 5) is 22.6. The van der Waals surface area contributed by atoms with Gasteiger partial charge in [-0.05, 0) is 66.3 Å². The minimum atomic E-state index is -0.136. The van der Waals surface area contributed by atoms with Crippen molar-refractivity contribution in [3.63, 3.8) is 0 Å². The summed E-state index contributed by atoms with van der Waals surface area (Å²) in [5.74, 6) is 0.0681. The smallest absolute Gasteiger partial charge is 0.254 e. The number of anilines is 1. The summed E-state index contributed by atoms with van der Waals surface area (Å²) in [6.07, 6.45) is 2.93. The van der Waals surface area contributed by atoms with Crippen LogP contribution in [0.5, 0.6) is 0 Å². The van der Waals surface area contributed by atoms with Crippen LogP contribution >= 0.6 is 11.8 Å². The largest absolute Gasteiger partial charge is 0.378 e. The quantitative estimate of drug-likeness (QED) is 0.410. The van der Waals surface area contributed by atoms with E-state index in [1.54, 1.807) is 11.8 Å². The van der Waals surface area contributed by atoms with Crippen LogP contribution in [-0.2, 0) is 6.42 Å². The lowest BCUT2D eigenvalue weighted by Gasteiger charge is -2.36. The molecule has 1 N–H and O–H groups in total. The number of aromatic nitrogens is 1. The molecule has 1 amide bonds. The molecule has 0 fully saturated rings. The van der Waals surface area contributed by atoms with Crippen molar-refractivity contribution in [3.05, 3.63) is 95.2 Å². The maximum Gasteiger partial charge on any atom is 0.254 e. The van der Waals surface area contributed by atoms with Gasteiger partial charge in [0.15, 0.2) is 0 Å². The number of hydrogen-bond acceptors (Lipinski definition) is 3. The standard InChI is InChI=1S/C27H27N3OS/c1-29(2)20-12-8-19(9-13-20)27(31)30-17-16-23-22-6-4-5-7-24(22)28-25(23)26(30)18-10-14-21(32-3)15-11-18/h4-15,26,28H,16-17H2,1-3H3. The highest BCUT2D eigenvalue weighted by Crippen LogP contribution is 2.39. The molecule has 2 heterocycles. The number of thioether (sulfide) groups is 1. The van der Waals surface area contributed by atoms with Crippen molar-refractivity contribution in [3.8, 4) is 0 Å². The molecule has 1 atom stereocenters. The summed E-state index contributed by atoms with van der Waals surface area (Å²) in [7, 11) is 4.01. The van der Waals surface area contributed by atoms with E-state index in [1.165, 1.54) is 15.8 Å². The number of rotatable bonds is 4.